The molecule has 0 aliphatic rings. The standard InChI is InChI=1S/C40H76NO10P/c1-3-5-7-9-11-13-15-16-17-18-19-20-22-23-25-27-29-31-38(43)41-37(40(45)46)35-51-52(47,48)50-34-36(42)33-49-39(44)32-30-28-26-24-21-14-12-10-8-6-4-2/h16-17,36-37,42H,3-15,18-35H2,1-2H3,(H,41,43)(H,45,46)(H,47,48)/b17-16-. The molecule has 3 atom stereocenters. The maximum absolute atomic E-state index is 12.3. The molecule has 306 valence electrons. The minimum Gasteiger partial charge on any atom is -0.480 e. The van der Waals surface area contributed by atoms with E-state index in [1.165, 1.54) is 103 Å². The fourth-order valence-electron chi connectivity index (χ4n) is 5.78. The Hall–Kier alpha value is -1.78. The largest absolute Gasteiger partial charge is 0.480 e. The van der Waals surface area contributed by atoms with Crippen LogP contribution in [-0.2, 0) is 32.7 Å². The Morgan fingerprint density at radius 1 is 0.596 bits per heavy atom. The second kappa shape index (κ2) is 36.2. The molecule has 0 bridgehead atoms. The summed E-state index contributed by atoms with van der Waals surface area (Å²) in [6.07, 6.45) is 33.8. The van der Waals surface area contributed by atoms with E-state index >= 15 is 0 Å². The van der Waals surface area contributed by atoms with Gasteiger partial charge >= 0.3 is 19.8 Å². The van der Waals surface area contributed by atoms with Crippen LogP contribution in [0.2, 0.25) is 0 Å². The van der Waals surface area contributed by atoms with Gasteiger partial charge in [0, 0.05) is 12.8 Å². The molecule has 0 aliphatic carbocycles. The van der Waals surface area contributed by atoms with Crippen molar-refractivity contribution < 1.29 is 47.8 Å². The number of allylic oxidation sites excluding steroid dienone is 2. The molecule has 1 amide bonds. The van der Waals surface area contributed by atoms with Crippen LogP contribution in [0.5, 0.6) is 0 Å². The number of aliphatic hydroxyl groups excluding tert-OH is 1. The number of amides is 1. The van der Waals surface area contributed by atoms with Crippen LogP contribution in [0.1, 0.15) is 194 Å². The van der Waals surface area contributed by atoms with Gasteiger partial charge in [-0.15, -0.1) is 0 Å². The first-order valence-electron chi connectivity index (χ1n) is 20.7. The van der Waals surface area contributed by atoms with Gasteiger partial charge in [0.15, 0.2) is 6.04 Å². The number of carboxylic acids is 1. The van der Waals surface area contributed by atoms with Crippen LogP contribution < -0.4 is 5.32 Å². The van der Waals surface area contributed by atoms with E-state index in [1.807, 2.05) is 0 Å². The number of ether oxygens (including phenoxy) is 1. The summed E-state index contributed by atoms with van der Waals surface area (Å²) in [6, 6.07) is -1.54. The Morgan fingerprint density at radius 3 is 1.46 bits per heavy atom. The van der Waals surface area contributed by atoms with E-state index in [4.69, 9.17) is 13.8 Å². The van der Waals surface area contributed by atoms with Crippen molar-refractivity contribution in [1.29, 1.82) is 0 Å². The molecule has 3 unspecified atom stereocenters. The molecule has 0 spiro atoms. The maximum Gasteiger partial charge on any atom is 0.472 e. The Balaban J connectivity index is 3.92. The van der Waals surface area contributed by atoms with Gasteiger partial charge in [0.25, 0.3) is 0 Å². The number of aliphatic carboxylic acids is 1. The molecule has 0 aromatic carbocycles. The molecule has 0 aromatic rings. The molecule has 52 heavy (non-hydrogen) atoms. The molecule has 0 rings (SSSR count). The average molecular weight is 762 g/mol. The number of phosphoric ester groups is 1. The number of nitrogens with one attached hydrogen (secondary N) is 1. The zero-order valence-electron chi connectivity index (χ0n) is 32.9. The molecule has 0 saturated heterocycles. The predicted octanol–water partition coefficient (Wildman–Crippen LogP) is 10.1. The number of unbranched alkanes of at least 4 members (excludes halogenated alkanes) is 23. The summed E-state index contributed by atoms with van der Waals surface area (Å²) in [7, 11) is -4.75. The van der Waals surface area contributed by atoms with Gasteiger partial charge in [-0.05, 0) is 38.5 Å². The normalized spacial score (nSPS) is 13.9. The molecule has 0 radical (unpaired) electrons. The van der Waals surface area contributed by atoms with Crippen LogP contribution in [0, 0.1) is 0 Å². The summed E-state index contributed by atoms with van der Waals surface area (Å²) in [5, 5.41) is 21.8. The molecule has 0 aliphatic heterocycles. The van der Waals surface area contributed by atoms with Crippen molar-refractivity contribution in [3.63, 3.8) is 0 Å². The quantitative estimate of drug-likeness (QED) is 0.0205. The van der Waals surface area contributed by atoms with E-state index in [1.54, 1.807) is 0 Å². The van der Waals surface area contributed by atoms with Crippen LogP contribution in [0.15, 0.2) is 12.2 Å². The Kier molecular flexibility index (Phi) is 35.0. The number of rotatable bonds is 39. The fraction of sp³-hybridized carbons (Fsp3) is 0.875. The van der Waals surface area contributed by atoms with Gasteiger partial charge in [0.2, 0.25) is 5.91 Å². The van der Waals surface area contributed by atoms with Crippen molar-refractivity contribution in [3.05, 3.63) is 12.2 Å². The Morgan fingerprint density at radius 2 is 1.00 bits per heavy atom. The Bertz CT molecular complexity index is 947. The second-order valence-corrected chi connectivity index (χ2v) is 15.6. The number of carboxylic acid groups (broad SMARTS) is 1. The highest BCUT2D eigenvalue weighted by molar-refractivity contribution is 7.47. The summed E-state index contributed by atoms with van der Waals surface area (Å²) in [5.74, 6) is -2.37. The van der Waals surface area contributed by atoms with Crippen molar-refractivity contribution in [2.45, 2.75) is 206 Å². The number of esters is 1. The third-order valence-corrected chi connectivity index (χ3v) is 10.0. The monoisotopic (exact) mass is 762 g/mol. The molecule has 0 heterocycles. The van der Waals surface area contributed by atoms with Crippen molar-refractivity contribution in [3.8, 4) is 0 Å². The lowest BCUT2D eigenvalue weighted by Gasteiger charge is -2.18. The number of carbonyl (C=O) groups excluding carboxylic acids is 2. The molecule has 4 N–H and O–H groups in total. The van der Waals surface area contributed by atoms with Crippen LogP contribution in [0.3, 0.4) is 0 Å². The van der Waals surface area contributed by atoms with Crippen molar-refractivity contribution in [1.82, 2.24) is 5.32 Å². The van der Waals surface area contributed by atoms with Gasteiger partial charge < -0.3 is 25.2 Å². The molecule has 0 aromatic heterocycles. The first kappa shape index (κ1) is 50.2. The van der Waals surface area contributed by atoms with E-state index in [2.05, 4.69) is 31.3 Å². The lowest BCUT2D eigenvalue weighted by molar-refractivity contribution is -0.147. The van der Waals surface area contributed by atoms with Gasteiger partial charge in [-0.25, -0.2) is 9.36 Å². The molecule has 11 nitrogen and oxygen atoms in total. The molecule has 0 fully saturated rings. The third kappa shape index (κ3) is 35.3. The maximum atomic E-state index is 12.3. The van der Waals surface area contributed by atoms with E-state index in [9.17, 15) is 34.1 Å². The minimum atomic E-state index is -4.75. The lowest BCUT2D eigenvalue weighted by atomic mass is 10.1. The smallest absolute Gasteiger partial charge is 0.472 e. The lowest BCUT2D eigenvalue weighted by Crippen LogP contribution is -2.43. The van der Waals surface area contributed by atoms with E-state index in [-0.39, 0.29) is 12.8 Å². The minimum absolute atomic E-state index is 0.143. The first-order valence-corrected chi connectivity index (χ1v) is 22.2. The summed E-state index contributed by atoms with van der Waals surface area (Å²) < 4.78 is 26.7. The second-order valence-electron chi connectivity index (χ2n) is 14.2. The highest BCUT2D eigenvalue weighted by Crippen LogP contribution is 2.43. The number of phosphoric acid groups is 1. The van der Waals surface area contributed by atoms with Crippen LogP contribution in [0.4, 0.5) is 0 Å². The molecular formula is C40H76NO10P. The fourth-order valence-corrected chi connectivity index (χ4v) is 6.55. The molecule has 0 saturated carbocycles. The summed E-state index contributed by atoms with van der Waals surface area (Å²) in [5.41, 5.74) is 0. The van der Waals surface area contributed by atoms with Gasteiger partial charge in [0.1, 0.15) is 12.7 Å². The summed E-state index contributed by atoms with van der Waals surface area (Å²) in [4.78, 5) is 45.8. The van der Waals surface area contributed by atoms with Crippen molar-refractivity contribution in [2.24, 2.45) is 0 Å². The number of hydrogen-bond donors (Lipinski definition) is 4. The number of carbonyl (C=O) groups is 3. The van der Waals surface area contributed by atoms with Crippen LogP contribution >= 0.6 is 7.82 Å². The number of hydrogen-bond acceptors (Lipinski definition) is 8. The van der Waals surface area contributed by atoms with E-state index < -0.39 is 57.6 Å². The highest BCUT2D eigenvalue weighted by atomic mass is 31.2. The number of aliphatic hydroxyl groups is 1. The van der Waals surface area contributed by atoms with Crippen LogP contribution in [0.25, 0.3) is 0 Å². The average Bonchev–Trinajstić information content (AvgIpc) is 3.11. The first-order chi connectivity index (χ1) is 25.1. The zero-order valence-corrected chi connectivity index (χ0v) is 33.8. The van der Waals surface area contributed by atoms with Crippen molar-refractivity contribution in [2.75, 3.05) is 19.8 Å². The van der Waals surface area contributed by atoms with E-state index in [0.717, 1.165) is 51.4 Å². The zero-order chi connectivity index (χ0) is 38.5. The van der Waals surface area contributed by atoms with Crippen LogP contribution in [-0.4, -0.2) is 64.9 Å². The third-order valence-electron chi connectivity index (χ3n) is 9.05. The van der Waals surface area contributed by atoms with Gasteiger partial charge in [0.05, 0.1) is 13.2 Å². The summed E-state index contributed by atoms with van der Waals surface area (Å²) >= 11 is 0. The van der Waals surface area contributed by atoms with Crippen molar-refractivity contribution >= 4 is 25.7 Å². The summed E-state index contributed by atoms with van der Waals surface area (Å²) in [6.45, 7) is 2.58. The Labute approximate surface area is 316 Å². The van der Waals surface area contributed by atoms with Gasteiger partial charge in [-0.2, -0.15) is 0 Å². The van der Waals surface area contributed by atoms with Gasteiger partial charge in [-0.3, -0.25) is 18.6 Å². The topological polar surface area (TPSA) is 169 Å². The van der Waals surface area contributed by atoms with Gasteiger partial charge in [-0.1, -0.05) is 154 Å². The molecular weight excluding hydrogens is 685 g/mol. The molecule has 12 heteroatoms. The predicted molar refractivity (Wildman–Crippen MR) is 208 cm³/mol. The SMILES string of the molecule is CCCCCCCC/C=C\CCCCCCCCCC(=O)NC(COP(=O)(O)OCC(O)COC(=O)CCCCCCCCCCCCC)C(=O)O. The highest BCUT2D eigenvalue weighted by Gasteiger charge is 2.28. The van der Waals surface area contributed by atoms with E-state index in [0.29, 0.717) is 12.8 Å².